The van der Waals surface area contributed by atoms with E-state index in [1.54, 1.807) is 0 Å². The summed E-state index contributed by atoms with van der Waals surface area (Å²) in [7, 11) is 0. The monoisotopic (exact) mass is 434 g/mol. The van der Waals surface area contributed by atoms with E-state index in [-0.39, 0.29) is 17.2 Å². The zero-order valence-corrected chi connectivity index (χ0v) is 18.0. The summed E-state index contributed by atoms with van der Waals surface area (Å²) in [5, 5.41) is 20.1. The molecule has 6 nitrogen and oxygen atoms in total. The van der Waals surface area contributed by atoms with Gasteiger partial charge < -0.3 is 10.2 Å². The second kappa shape index (κ2) is 8.43. The van der Waals surface area contributed by atoms with Gasteiger partial charge in [0.05, 0.1) is 18.1 Å². The van der Waals surface area contributed by atoms with Gasteiger partial charge in [-0.15, -0.1) is 11.8 Å². The quantitative estimate of drug-likeness (QED) is 0.450. The van der Waals surface area contributed by atoms with Crippen molar-refractivity contribution in [3.8, 4) is 0 Å². The Hall–Kier alpha value is -1.32. The Balaban J connectivity index is 1.46. The molecule has 5 atom stereocenters. The summed E-state index contributed by atoms with van der Waals surface area (Å²) in [5.41, 5.74) is 1.28. The molecule has 2 fully saturated rings. The summed E-state index contributed by atoms with van der Waals surface area (Å²) in [6.45, 7) is 3.94. The Morgan fingerprint density at radius 2 is 2.03 bits per heavy atom. The van der Waals surface area contributed by atoms with Crippen LogP contribution in [-0.4, -0.2) is 62.1 Å². The van der Waals surface area contributed by atoms with Gasteiger partial charge >= 0.3 is 0 Å². The number of aliphatic hydroxyl groups is 2. The normalized spacial score (nSPS) is 29.0. The lowest BCUT2D eigenvalue weighted by atomic mass is 9.89. The number of hydrogen-bond donors (Lipinski definition) is 3. The smallest absolute Gasteiger partial charge is 0.236 e. The molecular formula is C21H26N2O4S2. The summed E-state index contributed by atoms with van der Waals surface area (Å²) in [6, 6.07) is 9.59. The third-order valence-corrected chi connectivity index (χ3v) is 7.84. The van der Waals surface area contributed by atoms with Gasteiger partial charge in [-0.05, 0) is 24.9 Å². The van der Waals surface area contributed by atoms with Crippen molar-refractivity contribution >= 4 is 35.4 Å². The van der Waals surface area contributed by atoms with E-state index in [2.05, 4.69) is 17.5 Å². The number of benzene rings is 1. The number of carbonyl (C=O) groups excluding carboxylic acids is 2. The van der Waals surface area contributed by atoms with Crippen LogP contribution in [0.2, 0.25) is 0 Å². The van der Waals surface area contributed by atoms with E-state index in [9.17, 15) is 19.8 Å². The highest BCUT2D eigenvalue weighted by molar-refractivity contribution is 8.04. The molecule has 3 aliphatic heterocycles. The molecule has 0 aromatic heterocycles. The minimum Gasteiger partial charge on any atom is -0.392 e. The summed E-state index contributed by atoms with van der Waals surface area (Å²) in [4.78, 5) is 29.4. The number of β-lactam (4-membered cyclic amide) rings is 1. The predicted octanol–water partition coefficient (Wildman–Crippen LogP) is 2.01. The molecule has 4 rings (SSSR count). The van der Waals surface area contributed by atoms with Crippen LogP contribution in [0.1, 0.15) is 31.4 Å². The zero-order valence-electron chi connectivity index (χ0n) is 16.3. The van der Waals surface area contributed by atoms with Gasteiger partial charge in [0.25, 0.3) is 0 Å². The number of fused-ring (bicyclic) bond motifs is 1. The van der Waals surface area contributed by atoms with Crippen molar-refractivity contribution in [1.82, 2.24) is 9.80 Å². The Morgan fingerprint density at radius 1 is 1.31 bits per heavy atom. The molecule has 1 aromatic rings. The fourth-order valence-electron chi connectivity index (χ4n) is 4.50. The van der Waals surface area contributed by atoms with Crippen molar-refractivity contribution in [3.63, 3.8) is 0 Å². The molecule has 0 saturated carbocycles. The molecule has 3 heterocycles. The van der Waals surface area contributed by atoms with Gasteiger partial charge in [0, 0.05) is 23.9 Å². The van der Waals surface area contributed by atoms with Crippen LogP contribution in [0.3, 0.4) is 0 Å². The van der Waals surface area contributed by atoms with Gasteiger partial charge in [-0.1, -0.05) is 49.9 Å². The first-order valence-corrected chi connectivity index (χ1v) is 11.4. The van der Waals surface area contributed by atoms with E-state index in [1.165, 1.54) is 16.7 Å². The van der Waals surface area contributed by atoms with Gasteiger partial charge in [0.15, 0.2) is 0 Å². The van der Waals surface area contributed by atoms with Crippen LogP contribution in [0.4, 0.5) is 0 Å². The van der Waals surface area contributed by atoms with Crippen molar-refractivity contribution < 1.29 is 19.8 Å². The van der Waals surface area contributed by atoms with E-state index in [0.29, 0.717) is 18.7 Å². The first-order chi connectivity index (χ1) is 13.9. The zero-order chi connectivity index (χ0) is 20.7. The second-order valence-corrected chi connectivity index (χ2v) is 9.47. The second-order valence-electron chi connectivity index (χ2n) is 7.91. The van der Waals surface area contributed by atoms with Crippen LogP contribution in [0.15, 0.2) is 40.9 Å². The van der Waals surface area contributed by atoms with E-state index < -0.39 is 23.2 Å². The van der Waals surface area contributed by atoms with Crippen LogP contribution in [-0.2, 0) is 9.59 Å². The number of amides is 1. The average Bonchev–Trinajstić information content (AvgIpc) is 3.31. The number of hydrogen-bond acceptors (Lipinski definition) is 6. The topological polar surface area (TPSA) is 81.1 Å². The van der Waals surface area contributed by atoms with Crippen molar-refractivity contribution in [2.45, 2.75) is 37.3 Å². The molecule has 1 amide bonds. The number of likely N-dealkylation sites (tertiary alicyclic amines) is 1. The lowest BCUT2D eigenvalue weighted by Gasteiger charge is -2.44. The van der Waals surface area contributed by atoms with E-state index >= 15 is 0 Å². The molecule has 0 aliphatic carbocycles. The van der Waals surface area contributed by atoms with Crippen LogP contribution in [0.5, 0.6) is 0 Å². The molecule has 8 heteroatoms. The lowest BCUT2D eigenvalue weighted by molar-refractivity contribution is -0.154. The largest absolute Gasteiger partial charge is 0.392 e. The maximum Gasteiger partial charge on any atom is 0.236 e. The lowest BCUT2D eigenvalue weighted by Crippen LogP contribution is -2.61. The number of carbonyl (C=O) groups is 2. The molecule has 1 aromatic carbocycles. The molecule has 156 valence electrons. The molecule has 0 radical (unpaired) electrons. The summed E-state index contributed by atoms with van der Waals surface area (Å²) in [6.07, 6.45) is 0.129. The minimum absolute atomic E-state index is 0.131. The van der Waals surface area contributed by atoms with E-state index in [0.717, 1.165) is 30.0 Å². The van der Waals surface area contributed by atoms with Crippen LogP contribution < -0.4 is 0 Å². The van der Waals surface area contributed by atoms with Gasteiger partial charge in [-0.3, -0.25) is 19.4 Å². The summed E-state index contributed by atoms with van der Waals surface area (Å²) in [5.74, 6) is -0.506. The first-order valence-electron chi connectivity index (χ1n) is 10.0. The fourth-order valence-corrected chi connectivity index (χ4v) is 6.51. The molecule has 3 aliphatic rings. The molecule has 2 saturated heterocycles. The van der Waals surface area contributed by atoms with Crippen LogP contribution >= 0.6 is 24.4 Å². The van der Waals surface area contributed by atoms with E-state index in [1.807, 2.05) is 37.3 Å². The molecule has 0 bridgehead atoms. The fraction of sp³-hybridized carbons (Fsp3) is 0.524. The maximum absolute atomic E-state index is 12.6. The van der Waals surface area contributed by atoms with E-state index in [4.69, 9.17) is 0 Å². The van der Waals surface area contributed by atoms with Crippen LogP contribution in [0, 0.1) is 11.8 Å². The number of rotatable bonds is 7. The van der Waals surface area contributed by atoms with Gasteiger partial charge in [0.1, 0.15) is 11.1 Å². The molecule has 0 spiro atoms. The third kappa shape index (κ3) is 3.77. The minimum atomic E-state index is -0.687. The third-order valence-electron chi connectivity index (χ3n) is 6.10. The van der Waals surface area contributed by atoms with Crippen molar-refractivity contribution in [2.24, 2.45) is 11.8 Å². The Labute approximate surface area is 180 Å². The first kappa shape index (κ1) is 20.9. The number of β-amino-alcohol motifs (C(OH)–C–C–N with tert-alkyl or cyclic N) is 1. The summed E-state index contributed by atoms with van der Waals surface area (Å²) < 4.78 is 0. The number of thiol groups is 1. The maximum atomic E-state index is 12.6. The van der Waals surface area contributed by atoms with Crippen molar-refractivity contribution in [1.29, 1.82) is 0 Å². The number of thioether (sulfide) groups is 1. The van der Waals surface area contributed by atoms with Crippen molar-refractivity contribution in [3.05, 3.63) is 46.5 Å². The standard InChI is InChI=1S/C21H26N2O4S2/c1-2-14(24)16-19(26)23-17(21(27)28)18(29-20(16)23)13-8-9-22(10-13)11-15(25)12-6-4-3-5-7-12/h3-7,13-16,20,24-25H,2,8-11H2,1H3,(H,27,28)/t13?,14-,15+,16+,20+/m0/s1. The average molecular weight is 435 g/mol. The molecule has 1 unspecified atom stereocenters. The Bertz CT molecular complexity index is 831. The molecule has 29 heavy (non-hydrogen) atoms. The summed E-state index contributed by atoms with van der Waals surface area (Å²) >= 11 is 5.56. The molecular weight excluding hydrogens is 408 g/mol. The number of aliphatic hydroxyl groups excluding tert-OH is 2. The highest BCUT2D eigenvalue weighted by atomic mass is 32.2. The highest BCUT2D eigenvalue weighted by Crippen LogP contribution is 2.54. The Morgan fingerprint density at radius 3 is 2.69 bits per heavy atom. The van der Waals surface area contributed by atoms with Crippen molar-refractivity contribution in [2.75, 3.05) is 19.6 Å². The van der Waals surface area contributed by atoms with Gasteiger partial charge in [0.2, 0.25) is 11.0 Å². The van der Waals surface area contributed by atoms with Gasteiger partial charge in [-0.25, -0.2) is 0 Å². The Kier molecular flexibility index (Phi) is 6.09. The number of nitrogens with zero attached hydrogens (tertiary/aromatic N) is 2. The molecule has 2 N–H and O–H groups in total. The predicted molar refractivity (Wildman–Crippen MR) is 115 cm³/mol. The van der Waals surface area contributed by atoms with Gasteiger partial charge in [-0.2, -0.15) is 0 Å². The van der Waals surface area contributed by atoms with Crippen LogP contribution in [0.25, 0.3) is 0 Å². The highest BCUT2D eigenvalue weighted by Gasteiger charge is 2.58. The SMILES string of the molecule is CC[C@H](O)[C@@H]1C(=O)N2C(C(=O)S)=C(C3CCN(C[C@@H](O)c4ccccc4)C3)S[C@H]12.